The van der Waals surface area contributed by atoms with Crippen molar-refractivity contribution < 1.29 is 9.59 Å². The first-order chi connectivity index (χ1) is 11.2. The van der Waals surface area contributed by atoms with Crippen molar-refractivity contribution in [3.63, 3.8) is 0 Å². The second-order valence-corrected chi connectivity index (χ2v) is 6.94. The second-order valence-electron chi connectivity index (χ2n) is 6.94. The van der Waals surface area contributed by atoms with Crippen molar-refractivity contribution in [3.05, 3.63) is 53.1 Å². The van der Waals surface area contributed by atoms with Gasteiger partial charge in [-0.15, -0.1) is 0 Å². The van der Waals surface area contributed by atoms with Crippen molar-refractivity contribution in [3.8, 4) is 0 Å². The van der Waals surface area contributed by atoms with Crippen molar-refractivity contribution in [2.24, 2.45) is 5.41 Å². The van der Waals surface area contributed by atoms with Gasteiger partial charge in [-0.2, -0.15) is 0 Å². The number of nitrogens with zero attached hydrogens (tertiary/aromatic N) is 1. The summed E-state index contributed by atoms with van der Waals surface area (Å²) in [7, 11) is 0. The molecule has 4 rings (SSSR count). The number of Topliss-reactive ketones (excluding diaryl/α,β-unsaturated/α-hetero) is 1. The minimum atomic E-state index is -0.267. The molecule has 1 spiro atoms. The molecule has 1 aromatic rings. The molecule has 1 aromatic carbocycles. The van der Waals surface area contributed by atoms with Crippen LogP contribution < -0.4 is 0 Å². The highest BCUT2D eigenvalue weighted by Gasteiger charge is 2.46. The van der Waals surface area contributed by atoms with Crippen LogP contribution in [0, 0.1) is 5.41 Å². The number of likely N-dealkylation sites (tertiary alicyclic amines) is 1. The maximum atomic E-state index is 13.1. The summed E-state index contributed by atoms with van der Waals surface area (Å²) >= 11 is 0. The number of amides is 1. The van der Waals surface area contributed by atoms with E-state index in [1.165, 1.54) is 11.1 Å². The van der Waals surface area contributed by atoms with Crippen molar-refractivity contribution in [1.82, 2.24) is 4.90 Å². The predicted molar refractivity (Wildman–Crippen MR) is 90.1 cm³/mol. The van der Waals surface area contributed by atoms with E-state index in [0.717, 1.165) is 49.6 Å². The molecule has 0 saturated carbocycles. The van der Waals surface area contributed by atoms with Gasteiger partial charge < -0.3 is 4.90 Å². The van der Waals surface area contributed by atoms with Crippen molar-refractivity contribution in [2.75, 3.05) is 13.1 Å². The molecule has 1 aliphatic heterocycles. The summed E-state index contributed by atoms with van der Waals surface area (Å²) in [6.45, 7) is 1.40. The fraction of sp³-hybridized carbons (Fsp3) is 0.400. The highest BCUT2D eigenvalue weighted by atomic mass is 16.1. The molecule has 1 saturated heterocycles. The largest absolute Gasteiger partial charge is 0.345 e. The van der Waals surface area contributed by atoms with Crippen LogP contribution in [0.1, 0.15) is 47.2 Å². The van der Waals surface area contributed by atoms with Gasteiger partial charge in [0.1, 0.15) is 0 Å². The van der Waals surface area contributed by atoms with E-state index in [2.05, 4.69) is 36.4 Å². The van der Waals surface area contributed by atoms with Gasteiger partial charge in [-0.1, -0.05) is 30.4 Å². The molecule has 23 heavy (non-hydrogen) atoms. The highest BCUT2D eigenvalue weighted by molar-refractivity contribution is 6.05. The lowest BCUT2D eigenvalue weighted by molar-refractivity contribution is -0.119. The van der Waals surface area contributed by atoms with Crippen molar-refractivity contribution in [2.45, 2.75) is 32.1 Å². The van der Waals surface area contributed by atoms with Gasteiger partial charge in [0, 0.05) is 24.1 Å². The molecule has 1 fully saturated rings. The number of hydrogen-bond donors (Lipinski definition) is 0. The van der Waals surface area contributed by atoms with Crippen LogP contribution in [0.5, 0.6) is 0 Å². The Balaban J connectivity index is 1.63. The molecule has 0 aromatic heterocycles. The first-order valence-electron chi connectivity index (χ1n) is 8.46. The summed E-state index contributed by atoms with van der Waals surface area (Å²) in [5.41, 5.74) is 4.19. The van der Waals surface area contributed by atoms with E-state index in [0.29, 0.717) is 18.9 Å². The van der Waals surface area contributed by atoms with Gasteiger partial charge in [0.25, 0.3) is 0 Å². The Kier molecular flexibility index (Phi) is 3.44. The van der Waals surface area contributed by atoms with Gasteiger partial charge in [-0.25, -0.2) is 0 Å². The lowest BCUT2D eigenvalue weighted by Crippen LogP contribution is -2.42. The highest BCUT2D eigenvalue weighted by Crippen LogP contribution is 2.45. The summed E-state index contributed by atoms with van der Waals surface area (Å²) in [5.74, 6) is 0.292. The van der Waals surface area contributed by atoms with E-state index >= 15 is 0 Å². The molecule has 0 radical (unpaired) electrons. The third-order valence-electron chi connectivity index (χ3n) is 5.60. The van der Waals surface area contributed by atoms with Crippen LogP contribution >= 0.6 is 0 Å². The van der Waals surface area contributed by atoms with E-state index in [1.807, 2.05) is 0 Å². The molecule has 0 unspecified atom stereocenters. The van der Waals surface area contributed by atoms with Gasteiger partial charge in [0.2, 0.25) is 6.41 Å². The SMILES string of the molecule is O=CN1CCC2(CC1)Cc1ccc(C3=CCCC=C3)cc1C2=O. The molecule has 1 heterocycles. The summed E-state index contributed by atoms with van der Waals surface area (Å²) in [6, 6.07) is 6.36. The molecule has 0 bridgehead atoms. The predicted octanol–water partition coefficient (Wildman–Crippen LogP) is 3.40. The van der Waals surface area contributed by atoms with E-state index in [9.17, 15) is 9.59 Å². The number of fused-ring (bicyclic) bond motifs is 1. The zero-order chi connectivity index (χ0) is 15.9. The van der Waals surface area contributed by atoms with Gasteiger partial charge in [0.05, 0.1) is 0 Å². The number of rotatable bonds is 2. The molecule has 3 nitrogen and oxygen atoms in total. The number of benzene rings is 1. The number of carbonyl (C=O) groups excluding carboxylic acids is 2. The molecule has 3 heteroatoms. The fourth-order valence-electron chi connectivity index (χ4n) is 4.14. The molecular formula is C20H21NO2. The first kappa shape index (κ1) is 14.4. The number of ketones is 1. The maximum absolute atomic E-state index is 13.1. The van der Waals surface area contributed by atoms with Crippen LogP contribution in [0.4, 0.5) is 0 Å². The Labute approximate surface area is 136 Å². The summed E-state index contributed by atoms with van der Waals surface area (Å²) in [5, 5.41) is 0. The zero-order valence-corrected chi connectivity index (χ0v) is 13.3. The standard InChI is InChI=1S/C20H21NO2/c22-14-21-10-8-20(9-11-21)13-17-7-6-16(12-18(17)19(20)23)15-4-2-1-3-5-15/h2,4-7,12,14H,1,3,8-11,13H2. The average Bonchev–Trinajstić information content (AvgIpc) is 2.88. The Morgan fingerprint density at radius 3 is 2.65 bits per heavy atom. The van der Waals surface area contributed by atoms with Crippen LogP contribution in [0.2, 0.25) is 0 Å². The molecule has 3 aliphatic rings. The normalized spacial score (nSPS) is 22.2. The van der Waals surface area contributed by atoms with Gasteiger partial charge in [0.15, 0.2) is 5.78 Å². The Morgan fingerprint density at radius 1 is 1.13 bits per heavy atom. The topological polar surface area (TPSA) is 37.4 Å². The van der Waals surface area contributed by atoms with E-state index in [4.69, 9.17) is 0 Å². The van der Waals surface area contributed by atoms with Crippen LogP contribution in [-0.4, -0.2) is 30.2 Å². The van der Waals surface area contributed by atoms with Crippen LogP contribution in [0.3, 0.4) is 0 Å². The quantitative estimate of drug-likeness (QED) is 0.785. The van der Waals surface area contributed by atoms with Crippen molar-refractivity contribution >= 4 is 17.8 Å². The number of allylic oxidation sites excluding steroid dienone is 4. The Morgan fingerprint density at radius 2 is 1.96 bits per heavy atom. The van der Waals surface area contributed by atoms with Gasteiger partial charge >= 0.3 is 0 Å². The van der Waals surface area contributed by atoms with Gasteiger partial charge in [-0.3, -0.25) is 9.59 Å². The van der Waals surface area contributed by atoms with E-state index < -0.39 is 0 Å². The van der Waals surface area contributed by atoms with E-state index in [-0.39, 0.29) is 5.41 Å². The third-order valence-corrected chi connectivity index (χ3v) is 5.60. The Hall–Kier alpha value is -2.16. The lowest BCUT2D eigenvalue weighted by Gasteiger charge is -2.36. The number of hydrogen-bond acceptors (Lipinski definition) is 2. The lowest BCUT2D eigenvalue weighted by atomic mass is 9.75. The monoisotopic (exact) mass is 307 g/mol. The molecule has 1 amide bonds. The van der Waals surface area contributed by atoms with Gasteiger partial charge in [-0.05, 0) is 54.9 Å². The van der Waals surface area contributed by atoms with Crippen molar-refractivity contribution in [1.29, 1.82) is 0 Å². The summed E-state index contributed by atoms with van der Waals surface area (Å²) < 4.78 is 0. The first-order valence-corrected chi connectivity index (χ1v) is 8.46. The number of piperidine rings is 1. The van der Waals surface area contributed by atoms with Crippen LogP contribution in [0.15, 0.2) is 36.4 Å². The average molecular weight is 307 g/mol. The third kappa shape index (κ3) is 2.35. The number of carbonyl (C=O) groups is 2. The molecule has 118 valence electrons. The molecule has 2 aliphatic carbocycles. The zero-order valence-electron chi connectivity index (χ0n) is 13.3. The smallest absolute Gasteiger partial charge is 0.209 e. The molecule has 0 atom stereocenters. The fourth-order valence-corrected chi connectivity index (χ4v) is 4.14. The van der Waals surface area contributed by atoms with E-state index in [1.54, 1.807) is 4.90 Å². The molecular weight excluding hydrogens is 286 g/mol. The minimum absolute atomic E-state index is 0.267. The maximum Gasteiger partial charge on any atom is 0.209 e. The summed E-state index contributed by atoms with van der Waals surface area (Å²) in [4.78, 5) is 25.8. The van der Waals surface area contributed by atoms with Crippen LogP contribution in [-0.2, 0) is 11.2 Å². The molecule has 0 N–H and O–H groups in total. The minimum Gasteiger partial charge on any atom is -0.345 e. The Bertz CT molecular complexity index is 721. The second kappa shape index (κ2) is 5.48. The van der Waals surface area contributed by atoms with Crippen LogP contribution in [0.25, 0.3) is 5.57 Å². The summed E-state index contributed by atoms with van der Waals surface area (Å²) in [6.07, 6.45) is 12.1.